The second-order valence-corrected chi connectivity index (χ2v) is 6.08. The highest BCUT2D eigenvalue weighted by Crippen LogP contribution is 2.30. The second kappa shape index (κ2) is 5.60. The number of aromatic nitrogens is 1. The average molecular weight is 276 g/mol. The fraction of sp³-hybridized carbons (Fsp3) is 0.688. The molecular formula is C16H24N2O2. The van der Waals surface area contributed by atoms with Crippen LogP contribution in [-0.2, 0) is 17.8 Å². The smallest absolute Gasteiger partial charge is 0.242 e. The summed E-state index contributed by atoms with van der Waals surface area (Å²) in [5.41, 5.74) is 2.25. The van der Waals surface area contributed by atoms with Crippen LogP contribution in [-0.4, -0.2) is 33.1 Å². The molecule has 0 spiro atoms. The summed E-state index contributed by atoms with van der Waals surface area (Å²) < 4.78 is 1.96. The number of carbonyl (C=O) groups is 1. The minimum atomic E-state index is -0.352. The first kappa shape index (κ1) is 13.7. The van der Waals surface area contributed by atoms with E-state index in [0.29, 0.717) is 12.6 Å². The molecule has 2 aliphatic carbocycles. The summed E-state index contributed by atoms with van der Waals surface area (Å²) in [7, 11) is 0. The maximum absolute atomic E-state index is 12.3. The Morgan fingerprint density at radius 1 is 1.35 bits per heavy atom. The molecule has 4 heteroatoms. The summed E-state index contributed by atoms with van der Waals surface area (Å²) >= 11 is 0. The molecule has 0 saturated heterocycles. The molecule has 0 radical (unpaired) electrons. The number of nitrogens with zero attached hydrogens (tertiary/aromatic N) is 2. The van der Waals surface area contributed by atoms with E-state index < -0.39 is 0 Å². The Morgan fingerprint density at radius 3 is 2.85 bits per heavy atom. The van der Waals surface area contributed by atoms with Gasteiger partial charge >= 0.3 is 0 Å². The first-order chi connectivity index (χ1) is 9.69. The van der Waals surface area contributed by atoms with Crippen molar-refractivity contribution in [2.75, 3.05) is 6.54 Å². The van der Waals surface area contributed by atoms with Crippen LogP contribution in [0.15, 0.2) is 12.4 Å². The van der Waals surface area contributed by atoms with E-state index in [9.17, 15) is 9.90 Å². The van der Waals surface area contributed by atoms with Gasteiger partial charge in [0.2, 0.25) is 5.91 Å². The van der Waals surface area contributed by atoms with E-state index in [1.165, 1.54) is 5.56 Å². The number of aliphatic hydroxyl groups excluding tert-OH is 1. The molecule has 1 heterocycles. The molecule has 1 fully saturated rings. The Labute approximate surface area is 120 Å². The zero-order valence-electron chi connectivity index (χ0n) is 12.2. The normalized spacial score (nSPS) is 22.2. The Bertz CT molecular complexity index is 491. The number of carbonyl (C=O) groups excluding carboxylic acids is 1. The van der Waals surface area contributed by atoms with Gasteiger partial charge in [-0.05, 0) is 44.6 Å². The summed E-state index contributed by atoms with van der Waals surface area (Å²) in [6.45, 7) is 3.25. The van der Waals surface area contributed by atoms with Crippen molar-refractivity contribution in [3.63, 3.8) is 0 Å². The lowest BCUT2D eigenvalue weighted by atomic mass is 10.1. The monoisotopic (exact) mass is 276 g/mol. The molecule has 1 N–H and O–H groups in total. The number of rotatable bonds is 4. The van der Waals surface area contributed by atoms with E-state index in [4.69, 9.17) is 0 Å². The van der Waals surface area contributed by atoms with Crippen LogP contribution >= 0.6 is 0 Å². The lowest BCUT2D eigenvalue weighted by Crippen LogP contribution is -2.35. The Morgan fingerprint density at radius 2 is 2.15 bits per heavy atom. The largest absolute Gasteiger partial charge is 0.388 e. The minimum absolute atomic E-state index is 0.203. The Hall–Kier alpha value is -1.29. The third-order valence-electron chi connectivity index (χ3n) is 4.50. The molecule has 0 bridgehead atoms. The number of hydrogen-bond donors (Lipinski definition) is 1. The molecule has 1 saturated carbocycles. The quantitative estimate of drug-likeness (QED) is 0.857. The van der Waals surface area contributed by atoms with E-state index in [0.717, 1.165) is 50.6 Å². The van der Waals surface area contributed by atoms with Crippen LogP contribution < -0.4 is 0 Å². The van der Waals surface area contributed by atoms with Crippen LogP contribution in [0, 0.1) is 0 Å². The van der Waals surface area contributed by atoms with Crippen molar-refractivity contribution in [2.45, 2.75) is 64.1 Å². The molecule has 3 rings (SSSR count). The van der Waals surface area contributed by atoms with E-state index >= 15 is 0 Å². The van der Waals surface area contributed by atoms with Gasteiger partial charge < -0.3 is 14.6 Å². The van der Waals surface area contributed by atoms with Gasteiger partial charge in [-0.15, -0.1) is 0 Å². The topological polar surface area (TPSA) is 45.5 Å². The van der Waals surface area contributed by atoms with Crippen LogP contribution in [0.3, 0.4) is 0 Å². The molecule has 0 aliphatic heterocycles. The number of hydrogen-bond acceptors (Lipinski definition) is 2. The van der Waals surface area contributed by atoms with E-state index in [1.807, 2.05) is 22.6 Å². The predicted octanol–water partition coefficient (Wildman–Crippen LogP) is 2.26. The Kier molecular flexibility index (Phi) is 3.83. The zero-order valence-corrected chi connectivity index (χ0v) is 12.2. The van der Waals surface area contributed by atoms with Crippen molar-refractivity contribution in [3.05, 3.63) is 23.5 Å². The SMILES string of the molecule is CCN(C(=O)Cn1cc2c(c1)C(O)CCCC2)C1CC1. The third-order valence-corrected chi connectivity index (χ3v) is 4.50. The number of aliphatic hydroxyl groups is 1. The minimum Gasteiger partial charge on any atom is -0.388 e. The van der Waals surface area contributed by atoms with Crippen molar-refractivity contribution >= 4 is 5.91 Å². The van der Waals surface area contributed by atoms with Crippen molar-refractivity contribution < 1.29 is 9.90 Å². The maximum Gasteiger partial charge on any atom is 0.242 e. The van der Waals surface area contributed by atoms with E-state index in [-0.39, 0.29) is 12.0 Å². The number of likely N-dealkylation sites (N-methyl/N-ethyl adjacent to an activating group) is 1. The van der Waals surface area contributed by atoms with Gasteiger partial charge in [0.1, 0.15) is 6.54 Å². The number of fused-ring (bicyclic) bond motifs is 1. The molecule has 1 aromatic rings. The number of amides is 1. The van der Waals surface area contributed by atoms with E-state index in [1.54, 1.807) is 0 Å². The molecule has 1 amide bonds. The second-order valence-electron chi connectivity index (χ2n) is 6.08. The summed E-state index contributed by atoms with van der Waals surface area (Å²) in [4.78, 5) is 14.3. The highest BCUT2D eigenvalue weighted by molar-refractivity contribution is 5.76. The molecule has 2 aliphatic rings. The van der Waals surface area contributed by atoms with Crippen molar-refractivity contribution in [2.24, 2.45) is 0 Å². The summed E-state index contributed by atoms with van der Waals surface area (Å²) in [5.74, 6) is 0.203. The van der Waals surface area contributed by atoms with Crippen LogP contribution in [0.1, 0.15) is 56.3 Å². The van der Waals surface area contributed by atoms with Crippen LogP contribution in [0.2, 0.25) is 0 Å². The lowest BCUT2D eigenvalue weighted by Gasteiger charge is -2.20. The summed E-state index contributed by atoms with van der Waals surface area (Å²) in [6.07, 6.45) is 10.1. The van der Waals surface area contributed by atoms with Crippen LogP contribution in [0.5, 0.6) is 0 Å². The summed E-state index contributed by atoms with van der Waals surface area (Å²) in [6, 6.07) is 0.478. The standard InChI is InChI=1S/C16H24N2O2/c1-2-18(13-7-8-13)16(20)11-17-9-12-5-3-4-6-15(19)14(12)10-17/h9-10,13,15,19H,2-8,11H2,1H3. The first-order valence-electron chi connectivity index (χ1n) is 7.85. The molecular weight excluding hydrogens is 252 g/mol. The zero-order chi connectivity index (χ0) is 14.1. The molecule has 0 aromatic carbocycles. The molecule has 110 valence electrons. The van der Waals surface area contributed by atoms with E-state index in [2.05, 4.69) is 6.20 Å². The van der Waals surface area contributed by atoms with Gasteiger partial charge in [-0.25, -0.2) is 0 Å². The van der Waals surface area contributed by atoms with Crippen molar-refractivity contribution in [1.29, 1.82) is 0 Å². The highest BCUT2D eigenvalue weighted by atomic mass is 16.3. The fourth-order valence-corrected chi connectivity index (χ4v) is 3.25. The predicted molar refractivity (Wildman–Crippen MR) is 77.4 cm³/mol. The van der Waals surface area contributed by atoms with Crippen LogP contribution in [0.25, 0.3) is 0 Å². The summed E-state index contributed by atoms with van der Waals surface area (Å²) in [5, 5.41) is 10.1. The van der Waals surface area contributed by atoms with Gasteiger partial charge in [0, 0.05) is 30.5 Å². The van der Waals surface area contributed by atoms with Crippen molar-refractivity contribution in [3.8, 4) is 0 Å². The average Bonchev–Trinajstić information content (AvgIpc) is 3.19. The van der Waals surface area contributed by atoms with Gasteiger partial charge in [-0.1, -0.05) is 6.42 Å². The van der Waals surface area contributed by atoms with Gasteiger partial charge in [0.15, 0.2) is 0 Å². The number of aryl methyl sites for hydroxylation is 1. The lowest BCUT2D eigenvalue weighted by molar-refractivity contribution is -0.132. The van der Waals surface area contributed by atoms with Crippen molar-refractivity contribution in [1.82, 2.24) is 9.47 Å². The first-order valence-corrected chi connectivity index (χ1v) is 7.85. The van der Waals surface area contributed by atoms with Gasteiger partial charge in [0.05, 0.1) is 6.10 Å². The Balaban J connectivity index is 1.71. The van der Waals surface area contributed by atoms with Crippen LogP contribution in [0.4, 0.5) is 0 Å². The molecule has 1 aromatic heterocycles. The molecule has 1 atom stereocenters. The maximum atomic E-state index is 12.3. The highest BCUT2D eigenvalue weighted by Gasteiger charge is 2.31. The molecule has 20 heavy (non-hydrogen) atoms. The van der Waals surface area contributed by atoms with Gasteiger partial charge in [-0.3, -0.25) is 4.79 Å². The molecule has 4 nitrogen and oxygen atoms in total. The third kappa shape index (κ3) is 2.75. The molecule has 1 unspecified atom stereocenters. The fourth-order valence-electron chi connectivity index (χ4n) is 3.25. The van der Waals surface area contributed by atoms with Gasteiger partial charge in [-0.2, -0.15) is 0 Å². The van der Waals surface area contributed by atoms with Gasteiger partial charge in [0.25, 0.3) is 0 Å².